The van der Waals surface area contributed by atoms with E-state index in [0.29, 0.717) is 6.04 Å². The van der Waals surface area contributed by atoms with Crippen LogP contribution in [-0.4, -0.2) is 36.5 Å². The van der Waals surface area contributed by atoms with Crippen molar-refractivity contribution in [2.75, 3.05) is 19.6 Å². The van der Waals surface area contributed by atoms with Gasteiger partial charge in [0, 0.05) is 24.7 Å². The summed E-state index contributed by atoms with van der Waals surface area (Å²) in [7, 11) is 0. The van der Waals surface area contributed by atoms with Gasteiger partial charge in [-0.05, 0) is 37.4 Å². The minimum absolute atomic E-state index is 0.227. The van der Waals surface area contributed by atoms with Crippen LogP contribution in [0.15, 0.2) is 24.3 Å². The van der Waals surface area contributed by atoms with Crippen LogP contribution in [0, 0.1) is 0 Å². The van der Waals surface area contributed by atoms with E-state index in [-0.39, 0.29) is 5.91 Å². The van der Waals surface area contributed by atoms with Crippen LogP contribution >= 0.6 is 0 Å². The fourth-order valence-corrected chi connectivity index (χ4v) is 3.06. The molecule has 0 aromatic heterocycles. The zero-order chi connectivity index (χ0) is 12.4. The molecule has 96 valence electrons. The van der Waals surface area contributed by atoms with Gasteiger partial charge in [-0.15, -0.1) is 0 Å². The van der Waals surface area contributed by atoms with Gasteiger partial charge in [0.2, 0.25) is 0 Å². The highest BCUT2D eigenvalue weighted by molar-refractivity contribution is 5.96. The van der Waals surface area contributed by atoms with Crippen LogP contribution in [0.25, 0.3) is 0 Å². The zero-order valence-corrected chi connectivity index (χ0v) is 10.7. The second-order valence-electron chi connectivity index (χ2n) is 5.26. The van der Waals surface area contributed by atoms with E-state index in [0.717, 1.165) is 38.0 Å². The highest BCUT2D eigenvalue weighted by Gasteiger charge is 2.29. The lowest BCUT2D eigenvalue weighted by atomic mass is 9.97. The van der Waals surface area contributed by atoms with Gasteiger partial charge in [-0.1, -0.05) is 24.6 Å². The third-order valence-corrected chi connectivity index (χ3v) is 4.09. The van der Waals surface area contributed by atoms with Crippen LogP contribution in [-0.2, 0) is 6.42 Å². The molecular weight excluding hydrogens is 224 g/mol. The van der Waals surface area contributed by atoms with Crippen LogP contribution in [0.5, 0.6) is 0 Å². The van der Waals surface area contributed by atoms with E-state index in [9.17, 15) is 4.79 Å². The molecule has 1 saturated heterocycles. The molecule has 0 radical (unpaired) electrons. The number of nitrogens with one attached hydrogen (secondary N) is 1. The van der Waals surface area contributed by atoms with Gasteiger partial charge in [0.15, 0.2) is 0 Å². The molecule has 1 N–H and O–H groups in total. The molecule has 0 saturated carbocycles. The molecule has 3 nitrogen and oxygen atoms in total. The lowest BCUT2D eigenvalue weighted by Gasteiger charge is -2.35. The zero-order valence-electron chi connectivity index (χ0n) is 10.7. The number of benzene rings is 1. The first-order valence-corrected chi connectivity index (χ1v) is 6.96. The van der Waals surface area contributed by atoms with E-state index in [1.54, 1.807) is 0 Å². The summed E-state index contributed by atoms with van der Waals surface area (Å²) in [4.78, 5) is 14.6. The standard InChI is InChI=1S/C15H20N2O/c18-15-14-7-2-1-5-12(14)8-10-17(15)13-6-3-4-9-16-11-13/h1-2,5,7,13,16H,3-4,6,8-11H2. The summed E-state index contributed by atoms with van der Waals surface area (Å²) in [5, 5.41) is 3.45. The molecule has 2 heterocycles. The van der Waals surface area contributed by atoms with Crippen molar-refractivity contribution in [2.45, 2.75) is 31.7 Å². The van der Waals surface area contributed by atoms with Gasteiger partial charge < -0.3 is 10.2 Å². The van der Waals surface area contributed by atoms with E-state index in [1.165, 1.54) is 18.4 Å². The Kier molecular flexibility index (Phi) is 3.33. The van der Waals surface area contributed by atoms with Crippen molar-refractivity contribution in [1.82, 2.24) is 10.2 Å². The third kappa shape index (κ3) is 2.15. The minimum Gasteiger partial charge on any atom is -0.334 e. The molecule has 0 aliphatic carbocycles. The lowest BCUT2D eigenvalue weighted by molar-refractivity contribution is 0.0652. The molecule has 0 bridgehead atoms. The Hall–Kier alpha value is -1.35. The number of rotatable bonds is 1. The summed E-state index contributed by atoms with van der Waals surface area (Å²) in [6, 6.07) is 8.41. The molecule has 1 atom stereocenters. The largest absolute Gasteiger partial charge is 0.334 e. The monoisotopic (exact) mass is 244 g/mol. The Morgan fingerprint density at radius 2 is 2.11 bits per heavy atom. The van der Waals surface area contributed by atoms with Crippen LogP contribution in [0.1, 0.15) is 35.2 Å². The first kappa shape index (κ1) is 11.7. The number of fused-ring (bicyclic) bond motifs is 1. The number of carbonyl (C=O) groups excluding carboxylic acids is 1. The number of hydrogen-bond acceptors (Lipinski definition) is 2. The SMILES string of the molecule is O=C1c2ccccc2CCN1C1CCCCNC1. The second kappa shape index (κ2) is 5.11. The van der Waals surface area contributed by atoms with Crippen LogP contribution in [0.3, 0.4) is 0 Å². The maximum atomic E-state index is 12.5. The normalized spacial score (nSPS) is 24.6. The highest BCUT2D eigenvalue weighted by Crippen LogP contribution is 2.22. The Bertz CT molecular complexity index is 436. The predicted octanol–water partition coefficient (Wildman–Crippen LogP) is 1.83. The first-order chi connectivity index (χ1) is 8.86. The molecule has 0 spiro atoms. The smallest absolute Gasteiger partial charge is 0.254 e. The van der Waals surface area contributed by atoms with Gasteiger partial charge in [-0.3, -0.25) is 4.79 Å². The topological polar surface area (TPSA) is 32.3 Å². The van der Waals surface area contributed by atoms with E-state index in [2.05, 4.69) is 16.3 Å². The van der Waals surface area contributed by atoms with Gasteiger partial charge in [0.1, 0.15) is 0 Å². The van der Waals surface area contributed by atoms with Crippen molar-refractivity contribution in [3.8, 4) is 0 Å². The summed E-state index contributed by atoms with van der Waals surface area (Å²) >= 11 is 0. The van der Waals surface area contributed by atoms with E-state index < -0.39 is 0 Å². The fraction of sp³-hybridized carbons (Fsp3) is 0.533. The Morgan fingerprint density at radius 3 is 3.06 bits per heavy atom. The average Bonchev–Trinajstić information content (AvgIpc) is 2.68. The Balaban J connectivity index is 1.81. The molecular formula is C15H20N2O. The van der Waals surface area contributed by atoms with Crippen LogP contribution < -0.4 is 5.32 Å². The predicted molar refractivity (Wildman–Crippen MR) is 71.7 cm³/mol. The van der Waals surface area contributed by atoms with Gasteiger partial charge in [-0.25, -0.2) is 0 Å². The molecule has 3 heteroatoms. The summed E-state index contributed by atoms with van der Waals surface area (Å²) in [5.74, 6) is 0.227. The van der Waals surface area contributed by atoms with Crippen molar-refractivity contribution in [3.05, 3.63) is 35.4 Å². The van der Waals surface area contributed by atoms with Crippen molar-refractivity contribution < 1.29 is 4.79 Å². The Labute approximate surface area is 108 Å². The molecule has 2 aliphatic heterocycles. The highest BCUT2D eigenvalue weighted by atomic mass is 16.2. The summed E-state index contributed by atoms with van der Waals surface area (Å²) in [6.45, 7) is 2.92. The first-order valence-electron chi connectivity index (χ1n) is 6.96. The van der Waals surface area contributed by atoms with Gasteiger partial charge in [-0.2, -0.15) is 0 Å². The fourth-order valence-electron chi connectivity index (χ4n) is 3.06. The van der Waals surface area contributed by atoms with Crippen LogP contribution in [0.2, 0.25) is 0 Å². The quantitative estimate of drug-likeness (QED) is 0.817. The maximum Gasteiger partial charge on any atom is 0.254 e. The number of nitrogens with zero attached hydrogens (tertiary/aromatic N) is 1. The molecule has 3 rings (SSSR count). The second-order valence-corrected chi connectivity index (χ2v) is 5.26. The van der Waals surface area contributed by atoms with Crippen molar-refractivity contribution in [1.29, 1.82) is 0 Å². The van der Waals surface area contributed by atoms with Gasteiger partial charge >= 0.3 is 0 Å². The van der Waals surface area contributed by atoms with Gasteiger partial charge in [0.05, 0.1) is 0 Å². The summed E-state index contributed by atoms with van der Waals surface area (Å²) in [6.07, 6.45) is 4.59. The Morgan fingerprint density at radius 1 is 1.22 bits per heavy atom. The van der Waals surface area contributed by atoms with Crippen molar-refractivity contribution in [3.63, 3.8) is 0 Å². The van der Waals surface area contributed by atoms with Crippen molar-refractivity contribution >= 4 is 5.91 Å². The van der Waals surface area contributed by atoms with E-state index >= 15 is 0 Å². The van der Waals surface area contributed by atoms with Crippen LogP contribution in [0.4, 0.5) is 0 Å². The molecule has 1 unspecified atom stereocenters. The van der Waals surface area contributed by atoms with E-state index in [4.69, 9.17) is 0 Å². The average molecular weight is 244 g/mol. The number of carbonyl (C=O) groups is 1. The number of amides is 1. The molecule has 2 aliphatic rings. The molecule has 18 heavy (non-hydrogen) atoms. The third-order valence-electron chi connectivity index (χ3n) is 4.09. The summed E-state index contributed by atoms with van der Waals surface area (Å²) in [5.41, 5.74) is 2.12. The maximum absolute atomic E-state index is 12.5. The van der Waals surface area contributed by atoms with Gasteiger partial charge in [0.25, 0.3) is 5.91 Å². The van der Waals surface area contributed by atoms with E-state index in [1.807, 2.05) is 18.2 Å². The molecule has 1 amide bonds. The minimum atomic E-state index is 0.227. The molecule has 1 fully saturated rings. The summed E-state index contributed by atoms with van der Waals surface area (Å²) < 4.78 is 0. The van der Waals surface area contributed by atoms with Crippen molar-refractivity contribution in [2.24, 2.45) is 0 Å². The lowest BCUT2D eigenvalue weighted by Crippen LogP contribution is -2.48. The molecule has 1 aromatic rings. The number of hydrogen-bond donors (Lipinski definition) is 1. The molecule has 1 aromatic carbocycles.